The Labute approximate surface area is 218 Å². The van der Waals surface area contributed by atoms with Gasteiger partial charge in [0.15, 0.2) is 11.5 Å². The van der Waals surface area contributed by atoms with E-state index in [0.29, 0.717) is 50.8 Å². The van der Waals surface area contributed by atoms with E-state index in [1.807, 2.05) is 44.2 Å². The molecule has 1 heterocycles. The second-order valence-electron chi connectivity index (χ2n) is 7.90. The predicted molar refractivity (Wildman–Crippen MR) is 141 cm³/mol. The van der Waals surface area contributed by atoms with Gasteiger partial charge in [-0.1, -0.05) is 71.2 Å². The highest BCUT2D eigenvalue weighted by atomic mass is 35.5. The summed E-state index contributed by atoms with van der Waals surface area (Å²) in [5.41, 5.74) is 3.51. The molecule has 2 amide bonds. The van der Waals surface area contributed by atoms with E-state index >= 15 is 0 Å². The van der Waals surface area contributed by atoms with Crippen molar-refractivity contribution in [2.24, 2.45) is 0 Å². The molecule has 0 radical (unpaired) electrons. The number of halogens is 2. The van der Waals surface area contributed by atoms with Crippen LogP contribution in [0.5, 0.6) is 11.5 Å². The third-order valence-electron chi connectivity index (χ3n) is 5.29. The average Bonchev–Trinajstić information content (AvgIpc) is 3.08. The fourth-order valence-corrected chi connectivity index (χ4v) is 4.81. The van der Waals surface area contributed by atoms with Crippen LogP contribution < -0.4 is 9.47 Å². The summed E-state index contributed by atoms with van der Waals surface area (Å²) in [4.78, 5) is 27.0. The molecule has 0 bridgehead atoms. The van der Waals surface area contributed by atoms with Crippen molar-refractivity contribution in [1.29, 1.82) is 0 Å². The van der Waals surface area contributed by atoms with Crippen molar-refractivity contribution in [2.45, 2.75) is 27.0 Å². The predicted octanol–water partition coefficient (Wildman–Crippen LogP) is 7.52. The lowest BCUT2D eigenvalue weighted by Crippen LogP contribution is -2.27. The largest absolute Gasteiger partial charge is 0.490 e. The number of carbonyl (C=O) groups excluding carboxylic acids is 2. The zero-order valence-electron chi connectivity index (χ0n) is 19.2. The molecule has 0 aliphatic carbocycles. The number of nitrogens with zero attached hydrogens (tertiary/aromatic N) is 1. The lowest BCUT2D eigenvalue weighted by molar-refractivity contribution is -0.123. The Hall–Kier alpha value is -2.93. The molecule has 0 N–H and O–H groups in total. The van der Waals surface area contributed by atoms with E-state index < -0.39 is 0 Å². The van der Waals surface area contributed by atoms with Crippen LogP contribution in [-0.2, 0) is 17.9 Å². The van der Waals surface area contributed by atoms with Crippen LogP contribution in [0.3, 0.4) is 0 Å². The third-order valence-corrected chi connectivity index (χ3v) is 6.85. The van der Waals surface area contributed by atoms with E-state index in [4.69, 9.17) is 32.7 Å². The normalized spacial score (nSPS) is 14.6. The molecule has 0 spiro atoms. The van der Waals surface area contributed by atoms with Crippen LogP contribution >= 0.6 is 35.0 Å². The molecule has 0 saturated carbocycles. The summed E-state index contributed by atoms with van der Waals surface area (Å²) in [6.45, 7) is 4.75. The summed E-state index contributed by atoms with van der Waals surface area (Å²) in [5, 5.41) is 0.504. The molecule has 1 saturated heterocycles. The van der Waals surface area contributed by atoms with Crippen molar-refractivity contribution in [1.82, 2.24) is 4.90 Å². The number of imide groups is 1. The number of hydrogen-bond acceptors (Lipinski definition) is 5. The Morgan fingerprint density at radius 3 is 2.43 bits per heavy atom. The van der Waals surface area contributed by atoms with Crippen LogP contribution in [0.1, 0.15) is 29.2 Å². The second kappa shape index (κ2) is 11.2. The van der Waals surface area contributed by atoms with Crippen molar-refractivity contribution in [3.05, 3.63) is 97.9 Å². The smallest absolute Gasteiger partial charge is 0.293 e. The van der Waals surface area contributed by atoms with Crippen LogP contribution in [0.15, 0.2) is 65.6 Å². The monoisotopic (exact) mass is 527 g/mol. The molecule has 1 aliphatic rings. The zero-order valence-corrected chi connectivity index (χ0v) is 21.5. The third kappa shape index (κ3) is 6.01. The topological polar surface area (TPSA) is 55.8 Å². The van der Waals surface area contributed by atoms with E-state index in [9.17, 15) is 9.59 Å². The quantitative estimate of drug-likeness (QED) is 0.283. The minimum absolute atomic E-state index is 0.110. The fraction of sp³-hybridized carbons (Fsp3) is 0.185. The lowest BCUT2D eigenvalue weighted by Gasteiger charge is -2.15. The first-order valence-corrected chi connectivity index (χ1v) is 12.6. The van der Waals surface area contributed by atoms with Gasteiger partial charge in [-0.2, -0.15) is 0 Å². The molecular formula is C27H23Cl2NO4S. The van der Waals surface area contributed by atoms with Crippen molar-refractivity contribution < 1.29 is 19.1 Å². The molecule has 3 aromatic rings. The molecule has 4 rings (SSSR count). The van der Waals surface area contributed by atoms with E-state index in [-0.39, 0.29) is 17.7 Å². The Balaban J connectivity index is 1.55. The maximum Gasteiger partial charge on any atom is 0.293 e. The number of benzene rings is 3. The van der Waals surface area contributed by atoms with Gasteiger partial charge < -0.3 is 9.47 Å². The molecular weight excluding hydrogens is 505 g/mol. The van der Waals surface area contributed by atoms with Gasteiger partial charge in [0.25, 0.3) is 11.1 Å². The van der Waals surface area contributed by atoms with Gasteiger partial charge in [0.05, 0.1) is 23.1 Å². The Bertz CT molecular complexity index is 1290. The summed E-state index contributed by atoms with van der Waals surface area (Å²) < 4.78 is 11.7. The highest BCUT2D eigenvalue weighted by molar-refractivity contribution is 8.18. The minimum Gasteiger partial charge on any atom is -0.490 e. The maximum absolute atomic E-state index is 13.0. The molecule has 1 aliphatic heterocycles. The number of ether oxygens (including phenoxy) is 2. The first-order valence-electron chi connectivity index (χ1n) is 11.0. The summed E-state index contributed by atoms with van der Waals surface area (Å²) in [5.74, 6) is 0.514. The van der Waals surface area contributed by atoms with Crippen molar-refractivity contribution in [3.8, 4) is 11.5 Å². The standard InChI is InChI=1S/C27H23Cl2NO4S/c1-3-33-23-13-19(12-22(29)25(23)34-16-18-10-8-17(2)9-11-18)14-24-26(31)30(27(32)35-24)15-20-6-4-5-7-21(20)28/h4-14H,3,15-16H2,1-2H3/b24-14-. The zero-order chi connectivity index (χ0) is 24.9. The van der Waals surface area contributed by atoms with Gasteiger partial charge in [-0.05, 0) is 66.6 Å². The Morgan fingerprint density at radius 2 is 1.71 bits per heavy atom. The Morgan fingerprint density at radius 1 is 0.971 bits per heavy atom. The summed E-state index contributed by atoms with van der Waals surface area (Å²) in [6, 6.07) is 18.6. The van der Waals surface area contributed by atoms with E-state index in [0.717, 1.165) is 17.3 Å². The highest BCUT2D eigenvalue weighted by Gasteiger charge is 2.35. The van der Waals surface area contributed by atoms with Gasteiger partial charge in [-0.25, -0.2) is 0 Å². The summed E-state index contributed by atoms with van der Waals surface area (Å²) in [6.07, 6.45) is 1.63. The lowest BCUT2D eigenvalue weighted by atomic mass is 10.1. The van der Waals surface area contributed by atoms with E-state index in [2.05, 4.69) is 0 Å². The van der Waals surface area contributed by atoms with Crippen molar-refractivity contribution >= 4 is 52.2 Å². The number of amides is 2. The van der Waals surface area contributed by atoms with E-state index in [1.165, 1.54) is 10.5 Å². The molecule has 0 aromatic heterocycles. The van der Waals surface area contributed by atoms with Crippen LogP contribution in [-0.4, -0.2) is 22.7 Å². The fourth-order valence-electron chi connectivity index (χ4n) is 3.50. The molecule has 1 fully saturated rings. The maximum atomic E-state index is 13.0. The van der Waals surface area contributed by atoms with Gasteiger partial charge in [0, 0.05) is 5.02 Å². The molecule has 8 heteroatoms. The van der Waals surface area contributed by atoms with Gasteiger partial charge in [-0.3, -0.25) is 14.5 Å². The van der Waals surface area contributed by atoms with Gasteiger partial charge in [-0.15, -0.1) is 0 Å². The Kier molecular flexibility index (Phi) is 8.06. The van der Waals surface area contributed by atoms with Crippen LogP contribution in [0.25, 0.3) is 6.08 Å². The first-order chi connectivity index (χ1) is 16.9. The van der Waals surface area contributed by atoms with Crippen LogP contribution in [0.2, 0.25) is 10.0 Å². The molecule has 35 heavy (non-hydrogen) atoms. The van der Waals surface area contributed by atoms with Crippen LogP contribution in [0.4, 0.5) is 4.79 Å². The highest BCUT2D eigenvalue weighted by Crippen LogP contribution is 2.40. The number of carbonyl (C=O) groups is 2. The molecule has 0 unspecified atom stereocenters. The molecule has 180 valence electrons. The van der Waals surface area contributed by atoms with Crippen LogP contribution in [0, 0.1) is 6.92 Å². The number of rotatable bonds is 8. The SMILES string of the molecule is CCOc1cc(/C=C2\SC(=O)N(Cc3ccccc3Cl)C2=O)cc(Cl)c1OCc1ccc(C)cc1. The summed E-state index contributed by atoms with van der Waals surface area (Å²) >= 11 is 13.6. The number of aryl methyl sites for hydroxylation is 1. The van der Waals surface area contributed by atoms with Gasteiger partial charge >= 0.3 is 0 Å². The minimum atomic E-state index is -0.381. The van der Waals surface area contributed by atoms with Gasteiger partial charge in [0.2, 0.25) is 0 Å². The van der Waals surface area contributed by atoms with Crippen molar-refractivity contribution in [3.63, 3.8) is 0 Å². The van der Waals surface area contributed by atoms with E-state index in [1.54, 1.807) is 36.4 Å². The molecule has 0 atom stereocenters. The number of thioether (sulfide) groups is 1. The molecule has 5 nitrogen and oxygen atoms in total. The summed E-state index contributed by atoms with van der Waals surface area (Å²) in [7, 11) is 0. The first kappa shape index (κ1) is 25.2. The second-order valence-corrected chi connectivity index (χ2v) is 9.70. The van der Waals surface area contributed by atoms with Crippen molar-refractivity contribution in [2.75, 3.05) is 6.61 Å². The average molecular weight is 528 g/mol. The number of hydrogen-bond donors (Lipinski definition) is 0. The molecule has 3 aromatic carbocycles. The van der Waals surface area contributed by atoms with Gasteiger partial charge in [0.1, 0.15) is 6.61 Å².